The van der Waals surface area contributed by atoms with Crippen LogP contribution in [0.15, 0.2) is 0 Å². The fraction of sp³-hybridized carbons (Fsp3) is 0.857. The average molecular weight is 333 g/mol. The molecule has 0 aromatic rings. The number of cyclic esters (lactones) is 2. The Morgan fingerprint density at radius 2 is 1.90 bits per heavy atom. The molecule has 2 unspecified atom stereocenters. The molecule has 122 valence electrons. The van der Waals surface area contributed by atoms with E-state index in [0.717, 1.165) is 24.9 Å². The molecule has 0 radical (unpaired) electrons. The van der Waals surface area contributed by atoms with Crippen molar-refractivity contribution >= 4 is 28.8 Å². The second-order valence-electron chi connectivity index (χ2n) is 6.67. The summed E-state index contributed by atoms with van der Waals surface area (Å²) in [4.78, 5) is 22.6. The van der Waals surface area contributed by atoms with Gasteiger partial charge in [-0.25, -0.2) is 0 Å². The van der Waals surface area contributed by atoms with Crippen LogP contribution in [-0.4, -0.2) is 35.9 Å². The zero-order valence-electron chi connectivity index (χ0n) is 13.9. The summed E-state index contributed by atoms with van der Waals surface area (Å²) in [5.41, 5.74) is 0. The fourth-order valence-corrected chi connectivity index (χ4v) is 10.5. The van der Waals surface area contributed by atoms with Gasteiger partial charge in [-0.3, -0.25) is 9.59 Å². The topological polar surface area (TPSA) is 61.8 Å². The molecule has 0 bridgehead atoms. The molecule has 0 saturated carbocycles. The number of carbonyl (C=O) groups is 2. The van der Waals surface area contributed by atoms with Crippen molar-refractivity contribution < 1.29 is 22.9 Å². The maximum Gasteiger partial charge on any atom is 0.327 e. The minimum absolute atomic E-state index is 0.225. The molecule has 21 heavy (non-hydrogen) atoms. The summed E-state index contributed by atoms with van der Waals surface area (Å²) in [6, 6.07) is 1.85. The van der Waals surface area contributed by atoms with Gasteiger partial charge in [0.1, 0.15) is 0 Å². The third kappa shape index (κ3) is 6.01. The summed E-state index contributed by atoms with van der Waals surface area (Å²) in [6.45, 7) is 8.67. The lowest BCUT2D eigenvalue weighted by Crippen LogP contribution is -2.48. The van der Waals surface area contributed by atoms with Crippen molar-refractivity contribution in [2.75, 3.05) is 7.11 Å². The van der Waals surface area contributed by atoms with Crippen LogP contribution in [-0.2, 0) is 22.9 Å². The molecule has 0 amide bonds. The number of hydrogen-bond acceptors (Lipinski definition) is 5. The van der Waals surface area contributed by atoms with Gasteiger partial charge in [0, 0.05) is 7.11 Å². The Morgan fingerprint density at radius 1 is 1.24 bits per heavy atom. The molecule has 1 heterocycles. The number of hydrogen-bond donors (Lipinski definition) is 0. The van der Waals surface area contributed by atoms with E-state index in [1.807, 2.05) is 0 Å². The van der Waals surface area contributed by atoms with Crippen LogP contribution in [0.5, 0.6) is 0 Å². The summed E-state index contributed by atoms with van der Waals surface area (Å²) in [5, 5.41) is 0. The monoisotopic (exact) mass is 332 g/mol. The van der Waals surface area contributed by atoms with Gasteiger partial charge in [-0.2, -0.15) is 0 Å². The predicted octanol–water partition coefficient (Wildman–Crippen LogP) is 3.21. The quantitative estimate of drug-likeness (QED) is 0.368. The molecular formula is C14H28O5Si2. The van der Waals surface area contributed by atoms with Crippen molar-refractivity contribution in [1.29, 1.82) is 0 Å². The van der Waals surface area contributed by atoms with Crippen molar-refractivity contribution in [2.45, 2.75) is 64.3 Å². The Labute approximate surface area is 129 Å². The van der Waals surface area contributed by atoms with E-state index in [-0.39, 0.29) is 18.3 Å². The lowest BCUT2D eigenvalue weighted by Gasteiger charge is -2.35. The van der Waals surface area contributed by atoms with Crippen molar-refractivity contribution in [1.82, 2.24) is 0 Å². The first-order chi connectivity index (χ1) is 9.71. The van der Waals surface area contributed by atoms with Gasteiger partial charge in [-0.05, 0) is 38.2 Å². The first kappa shape index (κ1) is 18.5. The van der Waals surface area contributed by atoms with Crippen molar-refractivity contribution in [2.24, 2.45) is 5.92 Å². The van der Waals surface area contributed by atoms with Crippen LogP contribution >= 0.6 is 0 Å². The van der Waals surface area contributed by atoms with Crippen LogP contribution in [0.1, 0.15) is 32.6 Å². The highest BCUT2D eigenvalue weighted by Gasteiger charge is 2.40. The first-order valence-electron chi connectivity index (χ1n) is 7.71. The zero-order valence-corrected chi connectivity index (χ0v) is 15.9. The van der Waals surface area contributed by atoms with Crippen molar-refractivity contribution in [3.05, 3.63) is 0 Å². The van der Waals surface area contributed by atoms with E-state index < -0.39 is 22.8 Å². The molecule has 1 aliphatic heterocycles. The summed E-state index contributed by atoms with van der Waals surface area (Å²) < 4.78 is 16.8. The van der Waals surface area contributed by atoms with Gasteiger partial charge < -0.3 is 13.3 Å². The molecule has 7 heteroatoms. The van der Waals surface area contributed by atoms with Crippen molar-refractivity contribution in [3.63, 3.8) is 0 Å². The van der Waals surface area contributed by atoms with E-state index in [4.69, 9.17) is 8.54 Å². The fourth-order valence-electron chi connectivity index (χ4n) is 2.77. The molecule has 0 aliphatic carbocycles. The Balaban J connectivity index is 2.56. The van der Waals surface area contributed by atoms with Gasteiger partial charge in [0.05, 0.1) is 12.3 Å². The highest BCUT2D eigenvalue weighted by Crippen LogP contribution is 2.29. The largest absolute Gasteiger partial charge is 0.436 e. The summed E-state index contributed by atoms with van der Waals surface area (Å²) >= 11 is 0. The molecule has 5 nitrogen and oxygen atoms in total. The molecule has 1 fully saturated rings. The normalized spacial score (nSPS) is 22.2. The highest BCUT2D eigenvalue weighted by molar-refractivity contribution is 6.82. The van der Waals surface area contributed by atoms with Gasteiger partial charge >= 0.3 is 20.5 Å². The molecule has 1 aliphatic rings. The zero-order chi connectivity index (χ0) is 16.1. The van der Waals surface area contributed by atoms with Gasteiger partial charge in [-0.1, -0.05) is 19.8 Å². The number of esters is 2. The van der Waals surface area contributed by atoms with Gasteiger partial charge in [-0.15, -0.1) is 0 Å². The van der Waals surface area contributed by atoms with Crippen LogP contribution in [0.25, 0.3) is 0 Å². The Morgan fingerprint density at radius 3 is 2.33 bits per heavy atom. The molecular weight excluding hydrogens is 304 g/mol. The molecule has 0 aromatic heterocycles. The third-order valence-electron chi connectivity index (χ3n) is 3.57. The lowest BCUT2D eigenvalue weighted by atomic mass is 10.0. The minimum atomic E-state index is -2.19. The molecule has 2 atom stereocenters. The van der Waals surface area contributed by atoms with Crippen molar-refractivity contribution in [3.8, 4) is 0 Å². The lowest BCUT2D eigenvalue weighted by molar-refractivity contribution is -0.153. The van der Waals surface area contributed by atoms with Crippen LogP contribution < -0.4 is 0 Å². The number of ether oxygens (including phenoxy) is 1. The average Bonchev–Trinajstić information content (AvgIpc) is 2.66. The Kier molecular flexibility index (Phi) is 6.77. The minimum Gasteiger partial charge on any atom is -0.436 e. The predicted molar refractivity (Wildman–Crippen MR) is 85.5 cm³/mol. The second-order valence-corrected chi connectivity index (χ2v) is 14.9. The summed E-state index contributed by atoms with van der Waals surface area (Å²) in [5.74, 6) is -1.03. The van der Waals surface area contributed by atoms with Gasteiger partial charge in [0.25, 0.3) is 0 Å². The van der Waals surface area contributed by atoms with Crippen LogP contribution in [0.2, 0.25) is 31.7 Å². The van der Waals surface area contributed by atoms with E-state index in [9.17, 15) is 9.59 Å². The van der Waals surface area contributed by atoms with Crippen LogP contribution in [0.3, 0.4) is 0 Å². The maximum absolute atomic E-state index is 11.5. The van der Waals surface area contributed by atoms with Crippen LogP contribution in [0, 0.1) is 5.92 Å². The second kappa shape index (κ2) is 7.66. The van der Waals surface area contributed by atoms with E-state index in [0.29, 0.717) is 6.42 Å². The van der Waals surface area contributed by atoms with E-state index in [1.54, 1.807) is 7.11 Å². The maximum atomic E-state index is 11.5. The smallest absolute Gasteiger partial charge is 0.327 e. The Hall–Kier alpha value is -0.506. The SMILES string of the molecule is CCC[Si](CCCC1CC(=O)OC1=O)(OC)O[Si](C)(C)C. The van der Waals surface area contributed by atoms with Gasteiger partial charge in [0.15, 0.2) is 8.32 Å². The molecule has 0 aromatic carbocycles. The number of rotatable bonds is 9. The molecule has 1 saturated heterocycles. The van der Waals surface area contributed by atoms with Crippen LogP contribution in [0.4, 0.5) is 0 Å². The van der Waals surface area contributed by atoms with E-state index >= 15 is 0 Å². The highest BCUT2D eigenvalue weighted by atomic mass is 28.4. The summed E-state index contributed by atoms with van der Waals surface area (Å²) in [6.07, 6.45) is 2.79. The van der Waals surface area contributed by atoms with E-state index in [1.165, 1.54) is 0 Å². The standard InChI is InChI=1S/C14H28O5Si2/c1-6-9-21(17-2,19-20(3,4)5)10-7-8-12-11-13(15)18-14(12)16/h12H,6-11H2,1-5H3. The molecule has 0 spiro atoms. The molecule has 1 rings (SSSR count). The number of carbonyl (C=O) groups excluding carboxylic acids is 2. The first-order valence-corrected chi connectivity index (χ1v) is 13.3. The summed E-state index contributed by atoms with van der Waals surface area (Å²) in [7, 11) is -2.11. The molecule has 0 N–H and O–H groups in total. The van der Waals surface area contributed by atoms with E-state index in [2.05, 4.69) is 31.3 Å². The third-order valence-corrected chi connectivity index (χ3v) is 10.6. The van der Waals surface area contributed by atoms with Gasteiger partial charge in [0.2, 0.25) is 0 Å². The Bertz CT molecular complexity index is 380.